The molecule has 1 aromatic heterocycles. The number of carbonyl (C=O) groups is 1. The SMILES string of the molecule is CC(C)Oc1cc2ncnc(Nc3ccc(F)c(Cl)c3)c2cc1NC(=O)C=CCN1CCCCC1. The molecule has 1 aliphatic heterocycles. The zero-order chi connectivity index (χ0) is 24.8. The van der Waals surface area contributed by atoms with Gasteiger partial charge in [-0.25, -0.2) is 14.4 Å². The van der Waals surface area contributed by atoms with Gasteiger partial charge in [0, 0.05) is 29.8 Å². The lowest BCUT2D eigenvalue weighted by atomic mass is 10.1. The van der Waals surface area contributed by atoms with Gasteiger partial charge in [-0.1, -0.05) is 24.1 Å². The molecule has 1 fully saturated rings. The monoisotopic (exact) mass is 497 g/mol. The highest BCUT2D eigenvalue weighted by molar-refractivity contribution is 6.31. The summed E-state index contributed by atoms with van der Waals surface area (Å²) in [4.78, 5) is 23.7. The van der Waals surface area contributed by atoms with Crippen molar-refractivity contribution >= 4 is 45.6 Å². The smallest absolute Gasteiger partial charge is 0.248 e. The maximum absolute atomic E-state index is 13.6. The van der Waals surface area contributed by atoms with Crippen LogP contribution in [0.5, 0.6) is 5.75 Å². The fourth-order valence-corrected chi connectivity index (χ4v) is 4.15. The first-order chi connectivity index (χ1) is 16.9. The van der Waals surface area contributed by atoms with E-state index in [4.69, 9.17) is 16.3 Å². The lowest BCUT2D eigenvalue weighted by Gasteiger charge is -2.24. The zero-order valence-corrected chi connectivity index (χ0v) is 20.6. The predicted molar refractivity (Wildman–Crippen MR) is 138 cm³/mol. The second kappa shape index (κ2) is 11.5. The number of amides is 1. The molecule has 2 aromatic carbocycles. The summed E-state index contributed by atoms with van der Waals surface area (Å²) < 4.78 is 19.5. The highest BCUT2D eigenvalue weighted by Gasteiger charge is 2.15. The van der Waals surface area contributed by atoms with Crippen molar-refractivity contribution in [1.29, 1.82) is 0 Å². The van der Waals surface area contributed by atoms with Crippen LogP contribution >= 0.6 is 11.6 Å². The lowest BCUT2D eigenvalue weighted by Crippen LogP contribution is -2.29. The molecule has 9 heteroatoms. The Morgan fingerprint density at radius 3 is 2.74 bits per heavy atom. The van der Waals surface area contributed by atoms with Crippen molar-refractivity contribution < 1.29 is 13.9 Å². The first-order valence-corrected chi connectivity index (χ1v) is 12.1. The molecule has 184 valence electrons. The minimum atomic E-state index is -0.501. The van der Waals surface area contributed by atoms with Crippen LogP contribution in [0.1, 0.15) is 33.1 Å². The molecule has 2 N–H and O–H groups in total. The Labute approximate surface area is 209 Å². The van der Waals surface area contributed by atoms with Gasteiger partial charge in [-0.3, -0.25) is 9.69 Å². The highest BCUT2D eigenvalue weighted by Crippen LogP contribution is 2.34. The van der Waals surface area contributed by atoms with E-state index in [-0.39, 0.29) is 17.0 Å². The highest BCUT2D eigenvalue weighted by atomic mass is 35.5. The second-order valence-electron chi connectivity index (χ2n) is 8.76. The van der Waals surface area contributed by atoms with Gasteiger partial charge in [-0.15, -0.1) is 0 Å². The fourth-order valence-electron chi connectivity index (χ4n) is 3.97. The zero-order valence-electron chi connectivity index (χ0n) is 19.9. The Morgan fingerprint density at radius 1 is 1.20 bits per heavy atom. The third kappa shape index (κ3) is 6.68. The molecular weight excluding hydrogens is 469 g/mol. The van der Waals surface area contributed by atoms with Gasteiger partial charge in [-0.05, 0) is 64.0 Å². The van der Waals surface area contributed by atoms with Crippen LogP contribution in [0.3, 0.4) is 0 Å². The first kappa shape index (κ1) is 24.9. The predicted octanol–water partition coefficient (Wildman–Crippen LogP) is 5.93. The lowest BCUT2D eigenvalue weighted by molar-refractivity contribution is -0.111. The number of likely N-dealkylation sites (tertiary alicyclic amines) is 1. The number of hydrogen-bond acceptors (Lipinski definition) is 6. The number of hydrogen-bond donors (Lipinski definition) is 2. The van der Waals surface area contributed by atoms with Gasteiger partial charge in [0.1, 0.15) is 23.7 Å². The number of aromatic nitrogens is 2. The van der Waals surface area contributed by atoms with E-state index in [1.165, 1.54) is 37.7 Å². The number of ether oxygens (including phenoxy) is 1. The summed E-state index contributed by atoms with van der Waals surface area (Å²) in [5, 5.41) is 6.75. The van der Waals surface area contributed by atoms with Crippen molar-refractivity contribution in [2.24, 2.45) is 0 Å². The molecule has 1 saturated heterocycles. The minimum absolute atomic E-state index is 0.00488. The summed E-state index contributed by atoms with van der Waals surface area (Å²) in [5.74, 6) is 0.259. The Kier molecular flexibility index (Phi) is 8.15. The molecule has 0 atom stereocenters. The molecule has 1 amide bonds. The van der Waals surface area contributed by atoms with E-state index in [1.54, 1.807) is 24.3 Å². The number of benzene rings is 2. The number of halogens is 2. The van der Waals surface area contributed by atoms with Crippen LogP contribution in [-0.2, 0) is 4.79 Å². The molecule has 0 bridgehead atoms. The Hall–Kier alpha value is -3.23. The van der Waals surface area contributed by atoms with E-state index < -0.39 is 5.82 Å². The maximum Gasteiger partial charge on any atom is 0.248 e. The Balaban J connectivity index is 1.59. The molecule has 2 heterocycles. The minimum Gasteiger partial charge on any atom is -0.489 e. The molecule has 35 heavy (non-hydrogen) atoms. The van der Waals surface area contributed by atoms with Crippen LogP contribution in [0.25, 0.3) is 10.9 Å². The molecule has 7 nitrogen and oxygen atoms in total. The van der Waals surface area contributed by atoms with E-state index in [2.05, 4.69) is 25.5 Å². The summed E-state index contributed by atoms with van der Waals surface area (Å²) in [6, 6.07) is 7.88. The normalized spacial score (nSPS) is 14.5. The summed E-state index contributed by atoms with van der Waals surface area (Å²) >= 11 is 5.92. The number of rotatable bonds is 8. The van der Waals surface area contributed by atoms with Crippen molar-refractivity contribution in [1.82, 2.24) is 14.9 Å². The quantitative estimate of drug-likeness (QED) is 0.375. The summed E-state index contributed by atoms with van der Waals surface area (Å²) in [5.41, 5.74) is 1.71. The molecule has 0 unspecified atom stereocenters. The summed E-state index contributed by atoms with van der Waals surface area (Å²) in [6.45, 7) is 6.72. The van der Waals surface area contributed by atoms with Gasteiger partial charge in [0.15, 0.2) is 0 Å². The van der Waals surface area contributed by atoms with Crippen LogP contribution in [-0.4, -0.2) is 46.5 Å². The van der Waals surface area contributed by atoms with Crippen molar-refractivity contribution in [2.45, 2.75) is 39.2 Å². The fraction of sp³-hybridized carbons (Fsp3) is 0.346. The van der Waals surface area contributed by atoms with Gasteiger partial charge in [0.2, 0.25) is 5.91 Å². The van der Waals surface area contributed by atoms with Gasteiger partial charge in [0.05, 0.1) is 22.3 Å². The van der Waals surface area contributed by atoms with Crippen LogP contribution < -0.4 is 15.4 Å². The number of nitrogens with zero attached hydrogens (tertiary/aromatic N) is 3. The summed E-state index contributed by atoms with van der Waals surface area (Å²) in [6.07, 6.45) is 8.45. The van der Waals surface area contributed by atoms with Crippen LogP contribution in [0.15, 0.2) is 48.8 Å². The largest absolute Gasteiger partial charge is 0.489 e. The van der Waals surface area contributed by atoms with Crippen molar-refractivity contribution in [2.75, 3.05) is 30.3 Å². The van der Waals surface area contributed by atoms with Gasteiger partial charge < -0.3 is 15.4 Å². The Bertz CT molecular complexity index is 1230. The van der Waals surface area contributed by atoms with Crippen molar-refractivity contribution in [3.05, 3.63) is 59.7 Å². The number of nitrogens with one attached hydrogen (secondary N) is 2. The van der Waals surface area contributed by atoms with E-state index >= 15 is 0 Å². The third-order valence-electron chi connectivity index (χ3n) is 5.62. The average molecular weight is 498 g/mol. The number of anilines is 3. The van der Waals surface area contributed by atoms with Crippen molar-refractivity contribution in [3.8, 4) is 5.75 Å². The van der Waals surface area contributed by atoms with Crippen molar-refractivity contribution in [3.63, 3.8) is 0 Å². The number of piperidine rings is 1. The molecule has 0 radical (unpaired) electrons. The summed E-state index contributed by atoms with van der Waals surface area (Å²) in [7, 11) is 0. The standard InChI is InChI=1S/C26H29ClFN5O2/c1-17(2)35-24-15-22-19(26(30-16-29-22)31-18-8-9-21(28)20(27)13-18)14-23(24)32-25(34)7-6-12-33-10-4-3-5-11-33/h6-9,13-17H,3-5,10-12H2,1-2H3,(H,32,34)(H,29,30,31). The molecular formula is C26H29ClFN5O2. The maximum atomic E-state index is 13.6. The van der Waals surface area contributed by atoms with Crippen LogP contribution in [0.2, 0.25) is 5.02 Å². The van der Waals surface area contributed by atoms with E-state index in [1.807, 2.05) is 19.9 Å². The van der Waals surface area contributed by atoms with E-state index in [9.17, 15) is 9.18 Å². The molecule has 3 aromatic rings. The first-order valence-electron chi connectivity index (χ1n) is 11.8. The molecule has 0 spiro atoms. The Morgan fingerprint density at radius 2 is 2.00 bits per heavy atom. The van der Waals surface area contributed by atoms with Gasteiger partial charge in [-0.2, -0.15) is 0 Å². The van der Waals surface area contributed by atoms with Gasteiger partial charge in [0.25, 0.3) is 0 Å². The molecule has 1 aliphatic rings. The second-order valence-corrected chi connectivity index (χ2v) is 9.17. The van der Waals surface area contributed by atoms with Crippen LogP contribution in [0.4, 0.5) is 21.6 Å². The third-order valence-corrected chi connectivity index (χ3v) is 5.91. The average Bonchev–Trinajstić information content (AvgIpc) is 2.82. The van der Waals surface area contributed by atoms with E-state index in [0.717, 1.165) is 19.6 Å². The number of fused-ring (bicyclic) bond motifs is 1. The van der Waals surface area contributed by atoms with Crippen LogP contribution in [0, 0.1) is 5.82 Å². The molecule has 4 rings (SSSR count). The van der Waals surface area contributed by atoms with Gasteiger partial charge >= 0.3 is 0 Å². The topological polar surface area (TPSA) is 79.4 Å². The van der Waals surface area contributed by atoms with E-state index in [0.29, 0.717) is 33.8 Å². The molecule has 0 saturated carbocycles. The molecule has 0 aliphatic carbocycles. The number of carbonyl (C=O) groups excluding carboxylic acids is 1.